The lowest BCUT2D eigenvalue weighted by molar-refractivity contribution is 0.00608. The number of hydrogen-bond acceptors (Lipinski definition) is 5. The number of amides is 1. The number of carbonyl (C=O) groups is 2. The summed E-state index contributed by atoms with van der Waals surface area (Å²) in [5, 5.41) is 11.7. The van der Waals surface area contributed by atoms with Gasteiger partial charge in [-0.15, -0.1) is 0 Å². The van der Waals surface area contributed by atoms with E-state index in [0.717, 1.165) is 5.56 Å². The molecule has 1 atom stereocenters. The van der Waals surface area contributed by atoms with Crippen molar-refractivity contribution in [3.05, 3.63) is 59.4 Å². The van der Waals surface area contributed by atoms with Crippen molar-refractivity contribution in [1.82, 2.24) is 10.3 Å². The van der Waals surface area contributed by atoms with E-state index in [1.54, 1.807) is 7.11 Å². The monoisotopic (exact) mass is 358 g/mol. The van der Waals surface area contributed by atoms with Gasteiger partial charge in [0.15, 0.2) is 0 Å². The standard InChI is InChI=1S/C19H22N2O5/c1-12(2)26-17(13-7-4-5-10-16(13)25-3)11-20-18(22)14-8-6-9-15(21-14)19(23)24/h4-10,12,17H,11H2,1-3H3,(H,20,22)(H,23,24). The summed E-state index contributed by atoms with van der Waals surface area (Å²) in [5.41, 5.74) is 0.668. The molecule has 138 valence electrons. The number of carboxylic acids is 1. The van der Waals surface area contributed by atoms with E-state index < -0.39 is 18.0 Å². The number of aromatic carboxylic acids is 1. The first-order valence-electron chi connectivity index (χ1n) is 8.19. The van der Waals surface area contributed by atoms with E-state index in [1.807, 2.05) is 38.1 Å². The number of ether oxygens (including phenoxy) is 2. The summed E-state index contributed by atoms with van der Waals surface area (Å²) in [6.45, 7) is 4.00. The van der Waals surface area contributed by atoms with Gasteiger partial charge >= 0.3 is 5.97 Å². The zero-order valence-electron chi connectivity index (χ0n) is 14.9. The zero-order valence-corrected chi connectivity index (χ0v) is 14.9. The number of nitrogens with one attached hydrogen (secondary N) is 1. The third-order valence-electron chi connectivity index (χ3n) is 3.57. The molecule has 1 aromatic heterocycles. The molecule has 1 unspecified atom stereocenters. The molecule has 0 saturated carbocycles. The summed E-state index contributed by atoms with van der Waals surface area (Å²) < 4.78 is 11.3. The van der Waals surface area contributed by atoms with Gasteiger partial charge < -0.3 is 19.9 Å². The molecule has 7 nitrogen and oxygen atoms in total. The Kier molecular flexibility index (Phi) is 6.68. The normalized spacial score (nSPS) is 11.8. The summed E-state index contributed by atoms with van der Waals surface area (Å²) in [6, 6.07) is 11.7. The second kappa shape index (κ2) is 8.96. The third-order valence-corrected chi connectivity index (χ3v) is 3.57. The van der Waals surface area contributed by atoms with Gasteiger partial charge in [0.1, 0.15) is 23.2 Å². The summed E-state index contributed by atoms with van der Waals surface area (Å²) >= 11 is 0. The molecule has 0 aliphatic heterocycles. The first kappa shape index (κ1) is 19.4. The minimum atomic E-state index is -1.19. The number of carbonyl (C=O) groups excluding carboxylic acids is 1. The quantitative estimate of drug-likeness (QED) is 0.753. The molecular formula is C19H22N2O5. The second-order valence-corrected chi connectivity index (χ2v) is 5.84. The average molecular weight is 358 g/mol. The largest absolute Gasteiger partial charge is 0.496 e. The minimum Gasteiger partial charge on any atom is -0.496 e. The molecule has 0 bridgehead atoms. The van der Waals surface area contributed by atoms with E-state index in [0.29, 0.717) is 5.75 Å². The molecule has 1 amide bonds. The molecule has 2 aromatic rings. The fourth-order valence-corrected chi connectivity index (χ4v) is 2.45. The molecule has 0 radical (unpaired) electrons. The smallest absolute Gasteiger partial charge is 0.354 e. The van der Waals surface area contributed by atoms with Crippen LogP contribution in [0.3, 0.4) is 0 Å². The molecule has 0 aliphatic rings. The van der Waals surface area contributed by atoms with Crippen LogP contribution in [-0.4, -0.2) is 41.7 Å². The number of nitrogens with zero attached hydrogens (tertiary/aromatic N) is 1. The summed E-state index contributed by atoms with van der Waals surface area (Å²) in [4.78, 5) is 27.2. The first-order valence-corrected chi connectivity index (χ1v) is 8.19. The van der Waals surface area contributed by atoms with E-state index in [-0.39, 0.29) is 24.0 Å². The fraction of sp³-hybridized carbons (Fsp3) is 0.316. The molecular weight excluding hydrogens is 336 g/mol. The van der Waals surface area contributed by atoms with Crippen molar-refractivity contribution >= 4 is 11.9 Å². The predicted octanol–water partition coefficient (Wildman–Crippen LogP) is 2.68. The van der Waals surface area contributed by atoms with Gasteiger partial charge in [-0.3, -0.25) is 4.79 Å². The third kappa shape index (κ3) is 5.03. The molecule has 26 heavy (non-hydrogen) atoms. The van der Waals surface area contributed by atoms with Crippen LogP contribution in [0, 0.1) is 0 Å². The van der Waals surface area contributed by atoms with Crippen molar-refractivity contribution in [1.29, 1.82) is 0 Å². The van der Waals surface area contributed by atoms with E-state index in [1.165, 1.54) is 18.2 Å². The van der Waals surface area contributed by atoms with Gasteiger partial charge in [-0.25, -0.2) is 9.78 Å². The Hall–Kier alpha value is -2.93. The van der Waals surface area contributed by atoms with Crippen molar-refractivity contribution in [2.24, 2.45) is 0 Å². The lowest BCUT2D eigenvalue weighted by atomic mass is 10.1. The van der Waals surface area contributed by atoms with Gasteiger partial charge in [-0.2, -0.15) is 0 Å². The number of para-hydroxylation sites is 1. The van der Waals surface area contributed by atoms with E-state index in [4.69, 9.17) is 14.6 Å². The number of rotatable bonds is 8. The van der Waals surface area contributed by atoms with Gasteiger partial charge in [-0.05, 0) is 32.0 Å². The van der Waals surface area contributed by atoms with Crippen molar-refractivity contribution in [2.75, 3.05) is 13.7 Å². The highest BCUT2D eigenvalue weighted by molar-refractivity contribution is 5.94. The van der Waals surface area contributed by atoms with Crippen LogP contribution < -0.4 is 10.1 Å². The van der Waals surface area contributed by atoms with E-state index in [2.05, 4.69) is 10.3 Å². The highest BCUT2D eigenvalue weighted by atomic mass is 16.5. The van der Waals surface area contributed by atoms with Crippen LogP contribution in [0.15, 0.2) is 42.5 Å². The summed E-state index contributed by atoms with van der Waals surface area (Å²) in [7, 11) is 1.57. The Bertz CT molecular complexity index is 776. The van der Waals surface area contributed by atoms with E-state index >= 15 is 0 Å². The minimum absolute atomic E-state index is 0.0354. The van der Waals surface area contributed by atoms with Crippen molar-refractivity contribution in [3.8, 4) is 5.75 Å². The molecule has 0 aliphatic carbocycles. The Morgan fingerprint density at radius 3 is 2.46 bits per heavy atom. The Morgan fingerprint density at radius 2 is 1.81 bits per heavy atom. The number of methoxy groups -OCH3 is 1. The van der Waals surface area contributed by atoms with Gasteiger partial charge in [0.05, 0.1) is 13.2 Å². The van der Waals surface area contributed by atoms with Crippen molar-refractivity contribution in [2.45, 2.75) is 26.1 Å². The van der Waals surface area contributed by atoms with Gasteiger partial charge in [0, 0.05) is 12.1 Å². The number of aromatic nitrogens is 1. The van der Waals surface area contributed by atoms with E-state index in [9.17, 15) is 9.59 Å². The fourth-order valence-electron chi connectivity index (χ4n) is 2.45. The number of pyridine rings is 1. The van der Waals surface area contributed by atoms with Crippen LogP contribution >= 0.6 is 0 Å². The summed E-state index contributed by atoms with van der Waals surface area (Å²) in [5.74, 6) is -0.992. The number of carboxylic acid groups (broad SMARTS) is 1. The van der Waals surface area contributed by atoms with Crippen molar-refractivity contribution in [3.63, 3.8) is 0 Å². The van der Waals surface area contributed by atoms with Crippen LogP contribution in [-0.2, 0) is 4.74 Å². The number of hydrogen-bond donors (Lipinski definition) is 2. The molecule has 7 heteroatoms. The molecule has 0 saturated heterocycles. The van der Waals surface area contributed by atoms with Crippen LogP contribution in [0.4, 0.5) is 0 Å². The predicted molar refractivity (Wildman–Crippen MR) is 95.5 cm³/mol. The molecule has 1 aromatic carbocycles. The maximum atomic E-state index is 12.3. The van der Waals surface area contributed by atoms with Crippen LogP contribution in [0.25, 0.3) is 0 Å². The van der Waals surface area contributed by atoms with Crippen molar-refractivity contribution < 1.29 is 24.2 Å². The number of benzene rings is 1. The molecule has 2 rings (SSSR count). The Morgan fingerprint density at radius 1 is 1.12 bits per heavy atom. The molecule has 2 N–H and O–H groups in total. The zero-order chi connectivity index (χ0) is 19.1. The van der Waals surface area contributed by atoms with Crippen LogP contribution in [0.1, 0.15) is 46.5 Å². The van der Waals surface area contributed by atoms with Crippen LogP contribution in [0.2, 0.25) is 0 Å². The van der Waals surface area contributed by atoms with Gasteiger partial charge in [-0.1, -0.05) is 24.3 Å². The molecule has 0 fully saturated rings. The molecule has 0 spiro atoms. The molecule has 1 heterocycles. The highest BCUT2D eigenvalue weighted by Crippen LogP contribution is 2.28. The summed E-state index contributed by atoms with van der Waals surface area (Å²) in [6.07, 6.45) is -0.479. The lowest BCUT2D eigenvalue weighted by Gasteiger charge is -2.23. The second-order valence-electron chi connectivity index (χ2n) is 5.84. The van der Waals surface area contributed by atoms with Gasteiger partial charge in [0.25, 0.3) is 5.91 Å². The topological polar surface area (TPSA) is 97.8 Å². The highest BCUT2D eigenvalue weighted by Gasteiger charge is 2.20. The lowest BCUT2D eigenvalue weighted by Crippen LogP contribution is -2.31. The first-order chi connectivity index (χ1) is 12.4. The maximum absolute atomic E-state index is 12.3. The Balaban J connectivity index is 2.15. The Labute approximate surface area is 152 Å². The maximum Gasteiger partial charge on any atom is 0.354 e. The van der Waals surface area contributed by atoms with Crippen LogP contribution in [0.5, 0.6) is 5.75 Å². The average Bonchev–Trinajstić information content (AvgIpc) is 2.64. The SMILES string of the molecule is COc1ccccc1C(CNC(=O)c1cccc(C(=O)O)n1)OC(C)C. The van der Waals surface area contributed by atoms with Gasteiger partial charge in [0.2, 0.25) is 0 Å².